The summed E-state index contributed by atoms with van der Waals surface area (Å²) in [4.78, 5) is 25.0. The summed E-state index contributed by atoms with van der Waals surface area (Å²) < 4.78 is 11.0. The first-order valence-electron chi connectivity index (χ1n) is 8.51. The van der Waals surface area contributed by atoms with Gasteiger partial charge in [-0.3, -0.25) is 20.4 Å². The summed E-state index contributed by atoms with van der Waals surface area (Å²) in [5.74, 6) is 0.232. The molecule has 9 heteroatoms. The number of amides is 2. The number of benzene rings is 2. The average Bonchev–Trinajstić information content (AvgIpc) is 2.68. The quantitative estimate of drug-likeness (QED) is 0.469. The molecule has 2 aromatic rings. The molecule has 0 radical (unpaired) electrons. The van der Waals surface area contributed by atoms with Gasteiger partial charge in [-0.05, 0) is 50.2 Å². The number of hydrogen-bond acceptors (Lipinski definition) is 5. The van der Waals surface area contributed by atoms with E-state index in [0.29, 0.717) is 45.2 Å². The van der Waals surface area contributed by atoms with Crippen molar-refractivity contribution in [2.24, 2.45) is 0 Å². The topological polar surface area (TPSA) is 76.7 Å². The highest BCUT2D eigenvalue weighted by Crippen LogP contribution is 2.30. The van der Waals surface area contributed by atoms with Crippen LogP contribution in [-0.2, 0) is 4.79 Å². The van der Waals surface area contributed by atoms with Gasteiger partial charge >= 0.3 is 0 Å². The molecule has 0 bridgehead atoms. The van der Waals surface area contributed by atoms with Crippen LogP contribution in [-0.4, -0.2) is 30.8 Å². The van der Waals surface area contributed by atoms with E-state index in [1.54, 1.807) is 36.4 Å². The van der Waals surface area contributed by atoms with Crippen LogP contribution in [0.2, 0.25) is 10.0 Å². The fraction of sp³-hybridized carbons (Fsp3) is 0.263. The predicted octanol–water partition coefficient (Wildman–Crippen LogP) is 4.34. The van der Waals surface area contributed by atoms with Gasteiger partial charge in [0.25, 0.3) is 5.91 Å². The molecule has 28 heavy (non-hydrogen) atoms. The molecule has 0 unspecified atom stereocenters. The van der Waals surface area contributed by atoms with Gasteiger partial charge in [-0.15, -0.1) is 11.8 Å². The van der Waals surface area contributed by atoms with E-state index in [1.807, 2.05) is 13.8 Å². The first kappa shape index (κ1) is 22.2. The molecule has 150 valence electrons. The van der Waals surface area contributed by atoms with Crippen LogP contribution in [0.5, 0.6) is 11.5 Å². The normalized spacial score (nSPS) is 10.3. The monoisotopic (exact) mass is 442 g/mol. The Morgan fingerprint density at radius 2 is 1.68 bits per heavy atom. The van der Waals surface area contributed by atoms with Crippen LogP contribution in [0.4, 0.5) is 0 Å². The van der Waals surface area contributed by atoms with Crippen molar-refractivity contribution in [3.63, 3.8) is 0 Å². The molecule has 0 aliphatic rings. The summed E-state index contributed by atoms with van der Waals surface area (Å²) in [6.45, 7) is 4.62. The third kappa shape index (κ3) is 6.51. The Hall–Kier alpha value is -2.09. The maximum absolute atomic E-state index is 12.3. The molecule has 0 atom stereocenters. The van der Waals surface area contributed by atoms with E-state index >= 15 is 0 Å². The van der Waals surface area contributed by atoms with Crippen LogP contribution >= 0.6 is 35.0 Å². The number of ether oxygens (including phenoxy) is 2. The van der Waals surface area contributed by atoms with Crippen LogP contribution in [0.1, 0.15) is 24.2 Å². The minimum absolute atomic E-state index is 0.0633. The van der Waals surface area contributed by atoms with E-state index in [9.17, 15) is 9.59 Å². The summed E-state index contributed by atoms with van der Waals surface area (Å²) in [7, 11) is 0. The summed E-state index contributed by atoms with van der Waals surface area (Å²) in [6, 6.07) is 9.82. The standard InChI is InChI=1S/C19H20Cl2N2O4S/c1-3-26-15-8-5-12(9-16(15)27-4-2)19(25)23-22-18(24)11-28-17-10-13(20)6-7-14(17)21/h5-10H,3-4,11H2,1-2H3,(H,22,24)(H,23,25). The fourth-order valence-corrected chi connectivity index (χ4v) is 3.45. The molecule has 0 spiro atoms. The Balaban J connectivity index is 1.91. The lowest BCUT2D eigenvalue weighted by Crippen LogP contribution is -2.42. The lowest BCUT2D eigenvalue weighted by atomic mass is 10.2. The second kappa shape index (κ2) is 11.0. The number of nitrogens with one attached hydrogen (secondary N) is 2. The first-order chi connectivity index (χ1) is 13.4. The van der Waals surface area contributed by atoms with Crippen molar-refractivity contribution < 1.29 is 19.1 Å². The Morgan fingerprint density at radius 3 is 2.39 bits per heavy atom. The van der Waals surface area contributed by atoms with Gasteiger partial charge in [0, 0.05) is 15.5 Å². The second-order valence-corrected chi connectivity index (χ2v) is 7.25. The van der Waals surface area contributed by atoms with Gasteiger partial charge < -0.3 is 9.47 Å². The van der Waals surface area contributed by atoms with Gasteiger partial charge in [-0.25, -0.2) is 0 Å². The van der Waals surface area contributed by atoms with Gasteiger partial charge in [-0.2, -0.15) is 0 Å². The lowest BCUT2D eigenvalue weighted by Gasteiger charge is -2.13. The Bertz CT molecular complexity index is 849. The van der Waals surface area contributed by atoms with Crippen molar-refractivity contribution in [2.45, 2.75) is 18.7 Å². The lowest BCUT2D eigenvalue weighted by molar-refractivity contribution is -0.119. The Morgan fingerprint density at radius 1 is 0.964 bits per heavy atom. The molecule has 0 aliphatic heterocycles. The van der Waals surface area contributed by atoms with E-state index in [0.717, 1.165) is 0 Å². The molecule has 0 aliphatic carbocycles. The zero-order chi connectivity index (χ0) is 20.5. The van der Waals surface area contributed by atoms with Crippen molar-refractivity contribution >= 4 is 46.8 Å². The fourth-order valence-electron chi connectivity index (χ4n) is 2.16. The highest BCUT2D eigenvalue weighted by Gasteiger charge is 2.13. The molecule has 0 fully saturated rings. The number of hydrazine groups is 1. The van der Waals surface area contributed by atoms with Gasteiger partial charge in [0.05, 0.1) is 24.0 Å². The number of carbonyl (C=O) groups is 2. The largest absolute Gasteiger partial charge is 0.490 e. The molecule has 0 heterocycles. The van der Waals surface area contributed by atoms with Crippen LogP contribution in [0.15, 0.2) is 41.3 Å². The SMILES string of the molecule is CCOc1ccc(C(=O)NNC(=O)CSc2cc(Cl)ccc2Cl)cc1OCC. The third-order valence-corrected chi connectivity index (χ3v) is 5.11. The van der Waals surface area contributed by atoms with Crippen molar-refractivity contribution in [1.82, 2.24) is 10.9 Å². The summed E-state index contributed by atoms with van der Waals surface area (Å²) in [5, 5.41) is 1.03. The third-order valence-electron chi connectivity index (χ3n) is 3.37. The highest BCUT2D eigenvalue weighted by molar-refractivity contribution is 8.00. The van der Waals surface area contributed by atoms with E-state index in [4.69, 9.17) is 32.7 Å². The Kier molecular flexibility index (Phi) is 8.76. The zero-order valence-corrected chi connectivity index (χ0v) is 17.7. The van der Waals surface area contributed by atoms with Crippen LogP contribution < -0.4 is 20.3 Å². The maximum atomic E-state index is 12.3. The van der Waals surface area contributed by atoms with Gasteiger partial charge in [0.1, 0.15) is 0 Å². The van der Waals surface area contributed by atoms with Crippen molar-refractivity contribution in [3.05, 3.63) is 52.0 Å². The number of carbonyl (C=O) groups excluding carboxylic acids is 2. The highest BCUT2D eigenvalue weighted by atomic mass is 35.5. The van der Waals surface area contributed by atoms with E-state index in [-0.39, 0.29) is 11.7 Å². The molecule has 2 amide bonds. The van der Waals surface area contributed by atoms with Crippen molar-refractivity contribution in [2.75, 3.05) is 19.0 Å². The number of thioether (sulfide) groups is 1. The van der Waals surface area contributed by atoms with Crippen LogP contribution in [0.25, 0.3) is 0 Å². The summed E-state index contributed by atoms with van der Waals surface area (Å²) in [6.07, 6.45) is 0. The molecular formula is C19H20Cl2N2O4S. The molecule has 2 N–H and O–H groups in total. The van der Waals surface area contributed by atoms with Crippen LogP contribution in [0.3, 0.4) is 0 Å². The number of hydrogen-bond donors (Lipinski definition) is 2. The molecular weight excluding hydrogens is 423 g/mol. The predicted molar refractivity (Wildman–Crippen MR) is 112 cm³/mol. The second-order valence-electron chi connectivity index (χ2n) is 5.39. The Labute approximate surface area is 177 Å². The maximum Gasteiger partial charge on any atom is 0.269 e. The number of halogens is 2. The average molecular weight is 443 g/mol. The minimum Gasteiger partial charge on any atom is -0.490 e. The molecule has 2 aromatic carbocycles. The van der Waals surface area contributed by atoms with Crippen molar-refractivity contribution in [1.29, 1.82) is 0 Å². The zero-order valence-electron chi connectivity index (χ0n) is 15.4. The molecule has 0 saturated heterocycles. The molecule has 6 nitrogen and oxygen atoms in total. The smallest absolute Gasteiger partial charge is 0.269 e. The van der Waals surface area contributed by atoms with E-state index in [2.05, 4.69) is 10.9 Å². The molecule has 0 saturated carbocycles. The summed E-state index contributed by atoms with van der Waals surface area (Å²) >= 11 is 13.2. The van der Waals surface area contributed by atoms with E-state index < -0.39 is 5.91 Å². The molecule has 0 aromatic heterocycles. The van der Waals surface area contributed by atoms with Gasteiger partial charge in [0.2, 0.25) is 5.91 Å². The number of rotatable bonds is 8. The molecule has 2 rings (SSSR count). The first-order valence-corrected chi connectivity index (χ1v) is 10.2. The van der Waals surface area contributed by atoms with Crippen molar-refractivity contribution in [3.8, 4) is 11.5 Å². The van der Waals surface area contributed by atoms with Gasteiger partial charge in [-0.1, -0.05) is 23.2 Å². The van der Waals surface area contributed by atoms with E-state index in [1.165, 1.54) is 11.8 Å². The summed E-state index contributed by atoms with van der Waals surface area (Å²) in [5.41, 5.74) is 5.07. The van der Waals surface area contributed by atoms with Crippen LogP contribution in [0, 0.1) is 0 Å². The van der Waals surface area contributed by atoms with Gasteiger partial charge in [0.15, 0.2) is 11.5 Å². The minimum atomic E-state index is -0.469.